The molecule has 0 aromatic heterocycles. The van der Waals surface area contributed by atoms with Crippen LogP contribution in [0.2, 0.25) is 0 Å². The van der Waals surface area contributed by atoms with Gasteiger partial charge in [-0.3, -0.25) is 24.8 Å². The van der Waals surface area contributed by atoms with Crippen molar-refractivity contribution in [2.45, 2.75) is 95.2 Å². The van der Waals surface area contributed by atoms with Gasteiger partial charge in [-0.2, -0.15) is 0 Å². The molecule has 15 nitrogen and oxygen atoms in total. The molecule has 296 valence electrons. The minimum Gasteiger partial charge on any atom is -0.493 e. The molecule has 54 heavy (non-hydrogen) atoms. The zero-order valence-electron chi connectivity index (χ0n) is 30.5. The number of benzene rings is 1. The maximum Gasteiger partial charge on any atom is 0.514 e. The number of carbonyl (C=O) groups excluding carboxylic acids is 4. The Morgan fingerprint density at radius 3 is 2.44 bits per heavy atom. The number of nitrogens with zero attached hydrogens (tertiary/aromatic N) is 1. The van der Waals surface area contributed by atoms with Crippen molar-refractivity contribution < 1.29 is 76.7 Å². The van der Waals surface area contributed by atoms with E-state index in [0.29, 0.717) is 12.8 Å². The van der Waals surface area contributed by atoms with Crippen LogP contribution in [0.15, 0.2) is 42.0 Å². The zero-order valence-corrected chi connectivity index (χ0v) is 30.5. The maximum absolute atomic E-state index is 17.7. The second kappa shape index (κ2) is 14.3. The van der Waals surface area contributed by atoms with E-state index in [4.69, 9.17) is 38.8 Å². The van der Waals surface area contributed by atoms with Gasteiger partial charge in [-0.15, -0.1) is 0 Å². The summed E-state index contributed by atoms with van der Waals surface area (Å²) in [5.74, 6) is -5.15. The number of carbonyl (C=O) groups is 4. The normalized spacial score (nSPS) is 36.0. The molecular weight excluding hydrogens is 720 g/mol. The molecule has 0 spiro atoms. The highest BCUT2D eigenvalue weighted by molar-refractivity contribution is 6.01. The highest BCUT2D eigenvalue weighted by Gasteiger charge is 2.80. The van der Waals surface area contributed by atoms with Crippen LogP contribution in [0.3, 0.4) is 0 Å². The van der Waals surface area contributed by atoms with E-state index in [1.807, 2.05) is 0 Å². The first-order valence-electron chi connectivity index (χ1n) is 17.7. The van der Waals surface area contributed by atoms with Crippen LogP contribution in [-0.2, 0) is 33.4 Å². The van der Waals surface area contributed by atoms with E-state index in [-0.39, 0.29) is 55.1 Å². The Morgan fingerprint density at radius 2 is 1.74 bits per heavy atom. The minimum absolute atomic E-state index is 0.00977. The number of aliphatic hydroxyl groups is 1. The quantitative estimate of drug-likeness (QED) is 0.116. The molecule has 9 atom stereocenters. The van der Waals surface area contributed by atoms with Gasteiger partial charge in [0, 0.05) is 16.7 Å². The average Bonchev–Trinajstić information content (AvgIpc) is 3.52. The fraction of sp³-hybridized carbons (Fsp3) is 0.622. The lowest BCUT2D eigenvalue weighted by molar-refractivity contribution is -0.492. The molecule has 1 heterocycles. The van der Waals surface area contributed by atoms with Crippen LogP contribution in [0.25, 0.3) is 0 Å². The standard InChI is InChI=1S/C37H45F2NO14/c1-33(2)53-30-17-22-23-16-25(38)24-15-21(41)10-11-34(24,3)36(23,39)28(42)18-35(22,4)37(30,54-33)29(43)19-50-32(45)52-26-9-8-20(14-27(26)48-5)31(44)49-12-6-7-13-51-40(46)47/h8-11,14-15,22-23,25,28,30,42,46-47H,6-7,12-13,16-19H2,1-5H3/t22?,23?,25-,28-,30+,34-,35-,36-,37+/m0/s1. The molecule has 3 saturated carbocycles. The number of hydrogen-bond donors (Lipinski definition) is 3. The van der Waals surface area contributed by atoms with Crippen LogP contribution in [0.1, 0.15) is 70.2 Å². The predicted molar refractivity (Wildman–Crippen MR) is 178 cm³/mol. The third-order valence-electron chi connectivity index (χ3n) is 11.9. The number of rotatable bonds is 12. The van der Waals surface area contributed by atoms with Crippen molar-refractivity contribution in [3.05, 3.63) is 47.6 Å². The summed E-state index contributed by atoms with van der Waals surface area (Å²) in [5, 5.41) is 28.4. The Kier molecular flexibility index (Phi) is 10.6. The molecule has 1 aromatic carbocycles. The fourth-order valence-electron chi connectivity index (χ4n) is 9.63. The second-order valence-corrected chi connectivity index (χ2v) is 15.3. The Morgan fingerprint density at radius 1 is 1.02 bits per heavy atom. The topological polar surface area (TPSA) is 197 Å². The number of allylic oxidation sites excluding steroid dienone is 4. The molecule has 5 aliphatic rings. The van der Waals surface area contributed by atoms with Crippen molar-refractivity contribution in [3.63, 3.8) is 0 Å². The van der Waals surface area contributed by atoms with Gasteiger partial charge in [-0.05, 0) is 94.7 Å². The number of ether oxygens (including phenoxy) is 6. The number of esters is 1. The van der Waals surface area contributed by atoms with Crippen LogP contribution in [-0.4, -0.2) is 107 Å². The molecule has 6 rings (SSSR count). The molecule has 1 aromatic rings. The molecule has 4 fully saturated rings. The summed E-state index contributed by atoms with van der Waals surface area (Å²) in [4.78, 5) is 56.4. The Balaban J connectivity index is 1.16. The lowest BCUT2D eigenvalue weighted by Gasteiger charge is -2.63. The van der Waals surface area contributed by atoms with Gasteiger partial charge < -0.3 is 33.5 Å². The van der Waals surface area contributed by atoms with E-state index < -0.39 is 93.8 Å². The Bertz CT molecular complexity index is 1750. The van der Waals surface area contributed by atoms with Crippen molar-refractivity contribution in [2.24, 2.45) is 22.7 Å². The lowest BCUT2D eigenvalue weighted by atomic mass is 9.44. The number of alkyl halides is 2. The number of halogens is 2. The van der Waals surface area contributed by atoms with Gasteiger partial charge in [0.1, 0.15) is 6.17 Å². The van der Waals surface area contributed by atoms with Crippen molar-refractivity contribution in [1.82, 2.24) is 5.39 Å². The summed E-state index contributed by atoms with van der Waals surface area (Å²) < 4.78 is 67.3. The molecular formula is C37H45F2NO14. The van der Waals surface area contributed by atoms with Crippen LogP contribution in [0.5, 0.6) is 11.5 Å². The van der Waals surface area contributed by atoms with Crippen LogP contribution >= 0.6 is 0 Å². The monoisotopic (exact) mass is 765 g/mol. The summed E-state index contributed by atoms with van der Waals surface area (Å²) in [5.41, 5.74) is -7.08. The van der Waals surface area contributed by atoms with E-state index in [0.717, 1.165) is 6.08 Å². The van der Waals surface area contributed by atoms with Crippen molar-refractivity contribution in [2.75, 3.05) is 26.9 Å². The average molecular weight is 766 g/mol. The fourth-order valence-corrected chi connectivity index (χ4v) is 9.63. The predicted octanol–water partition coefficient (Wildman–Crippen LogP) is 4.55. The Hall–Kier alpha value is -3.84. The molecule has 17 heteroatoms. The summed E-state index contributed by atoms with van der Waals surface area (Å²) >= 11 is 0. The molecule has 2 unspecified atom stereocenters. The van der Waals surface area contributed by atoms with E-state index in [9.17, 15) is 24.3 Å². The van der Waals surface area contributed by atoms with Crippen LogP contribution in [0, 0.1) is 22.7 Å². The van der Waals surface area contributed by atoms with Crippen molar-refractivity contribution in [1.29, 1.82) is 0 Å². The zero-order chi connectivity index (χ0) is 39.4. The molecule has 4 aliphatic carbocycles. The van der Waals surface area contributed by atoms with E-state index in [2.05, 4.69) is 4.84 Å². The molecule has 1 saturated heterocycles. The number of Topliss-reactive ketones (excluding diaryl/α,β-unsaturated/α-hetero) is 1. The van der Waals surface area contributed by atoms with E-state index in [1.165, 1.54) is 44.4 Å². The van der Waals surface area contributed by atoms with E-state index >= 15 is 8.78 Å². The SMILES string of the molecule is COc1cc(C(=O)OCCCCON(O)O)ccc1OC(=O)OCC(=O)[C@@]12OC(C)(C)O[C@@H]1CC1C3C[C@H](F)C4=CC(=O)C=C[C@]4(C)[C@@]3(F)[C@@H](O)C[C@@]12C. The first-order valence-corrected chi connectivity index (χ1v) is 17.7. The Labute approximate surface area is 309 Å². The molecule has 0 amide bonds. The van der Waals surface area contributed by atoms with Crippen LogP contribution in [0.4, 0.5) is 13.6 Å². The van der Waals surface area contributed by atoms with Gasteiger partial charge >= 0.3 is 12.1 Å². The van der Waals surface area contributed by atoms with Crippen molar-refractivity contribution in [3.8, 4) is 11.5 Å². The number of aliphatic hydroxyl groups excluding tert-OH is 1. The lowest BCUT2D eigenvalue weighted by Crippen LogP contribution is -2.71. The highest BCUT2D eigenvalue weighted by Crippen LogP contribution is 2.72. The second-order valence-electron chi connectivity index (χ2n) is 15.3. The molecule has 3 N–H and O–H groups in total. The van der Waals surface area contributed by atoms with Gasteiger partial charge in [0.15, 0.2) is 40.9 Å². The number of hydrogen-bond acceptors (Lipinski definition) is 15. The summed E-state index contributed by atoms with van der Waals surface area (Å²) in [6.07, 6.45) is -1.77. The first-order chi connectivity index (χ1) is 25.3. The van der Waals surface area contributed by atoms with Gasteiger partial charge in [0.25, 0.3) is 0 Å². The number of methoxy groups -OCH3 is 1. The van der Waals surface area contributed by atoms with Gasteiger partial charge in [0.2, 0.25) is 5.78 Å². The minimum atomic E-state index is -2.38. The van der Waals surface area contributed by atoms with Gasteiger partial charge in [-0.25, -0.2) is 18.4 Å². The third kappa shape index (κ3) is 6.42. The molecule has 1 aliphatic heterocycles. The largest absolute Gasteiger partial charge is 0.514 e. The highest BCUT2D eigenvalue weighted by atomic mass is 19.1. The first kappa shape index (κ1) is 39.8. The third-order valence-corrected chi connectivity index (χ3v) is 11.9. The molecule has 0 radical (unpaired) electrons. The summed E-state index contributed by atoms with van der Waals surface area (Å²) in [6.45, 7) is 5.53. The number of fused-ring (bicyclic) bond motifs is 7. The van der Waals surface area contributed by atoms with E-state index in [1.54, 1.807) is 20.8 Å². The number of ketones is 2. The van der Waals surface area contributed by atoms with Gasteiger partial charge in [-0.1, -0.05) is 13.0 Å². The molecule has 0 bridgehead atoms. The van der Waals surface area contributed by atoms with Crippen LogP contribution < -0.4 is 9.47 Å². The smallest absolute Gasteiger partial charge is 0.493 e. The maximum atomic E-state index is 17.7. The van der Waals surface area contributed by atoms with Gasteiger partial charge in [0.05, 0.1) is 43.5 Å². The van der Waals surface area contributed by atoms with Crippen molar-refractivity contribution >= 4 is 23.7 Å². The number of unbranched alkanes of at least 4 members (excludes halogenated alkanes) is 1. The summed E-state index contributed by atoms with van der Waals surface area (Å²) in [6, 6.07) is 3.86. The summed E-state index contributed by atoms with van der Waals surface area (Å²) in [7, 11) is 1.27.